The fraction of sp³-hybridized carbons (Fsp3) is 0.125. The van der Waals surface area contributed by atoms with Crippen LogP contribution in [0.3, 0.4) is 0 Å². The number of nitrogen functional groups attached to an aromatic ring is 1. The monoisotopic (exact) mass is 449 g/mol. The summed E-state index contributed by atoms with van der Waals surface area (Å²) in [6.07, 6.45) is 3.52. The van der Waals surface area contributed by atoms with Crippen molar-refractivity contribution in [2.75, 3.05) is 5.73 Å². The van der Waals surface area contributed by atoms with Crippen LogP contribution in [-0.4, -0.2) is 29.9 Å². The van der Waals surface area contributed by atoms with Crippen LogP contribution in [0, 0.1) is 16.3 Å². The lowest BCUT2D eigenvalue weighted by Gasteiger charge is -2.18. The van der Waals surface area contributed by atoms with E-state index < -0.39 is 6.04 Å². The van der Waals surface area contributed by atoms with E-state index in [4.69, 9.17) is 5.73 Å². The van der Waals surface area contributed by atoms with Gasteiger partial charge in [-0.1, -0.05) is 23.4 Å². The molecule has 1 atom stereocenters. The van der Waals surface area contributed by atoms with Crippen LogP contribution in [0.2, 0.25) is 0 Å². The number of fused-ring (bicyclic) bond motifs is 1. The number of benzene rings is 1. The van der Waals surface area contributed by atoms with Gasteiger partial charge in [0, 0.05) is 21.5 Å². The average Bonchev–Trinajstić information content (AvgIpc) is 3.19. The number of aromatic amines is 1. The molecule has 0 aliphatic heterocycles. The molecule has 0 saturated heterocycles. The molecule has 1 unspecified atom stereocenters. The molecule has 9 heteroatoms. The number of H-pyrrole nitrogens is 1. The van der Waals surface area contributed by atoms with Crippen molar-refractivity contribution in [3.05, 3.63) is 63.1 Å². The zero-order valence-corrected chi connectivity index (χ0v) is 15.3. The topological polar surface area (TPSA) is 98.3 Å². The molecule has 25 heavy (non-hydrogen) atoms. The highest BCUT2D eigenvalue weighted by Crippen LogP contribution is 2.34. The van der Waals surface area contributed by atoms with Crippen LogP contribution in [0.4, 0.5) is 10.2 Å². The number of nitrogens with two attached hydrogens (primary N) is 1. The molecular formula is C16H13FIN7. The number of nitrogens with zero attached hydrogens (tertiary/aromatic N) is 5. The molecule has 3 heterocycles. The Morgan fingerprint density at radius 2 is 2.08 bits per heavy atom. The Hall–Kier alpha value is -2.56. The fourth-order valence-corrected chi connectivity index (χ4v) is 3.75. The molecule has 7 nitrogen and oxygen atoms in total. The molecule has 0 saturated carbocycles. The Morgan fingerprint density at radius 3 is 2.80 bits per heavy atom. The maximum absolute atomic E-state index is 14.6. The Kier molecular flexibility index (Phi) is 3.86. The molecule has 0 radical (unpaired) electrons. The number of rotatable bonds is 3. The third-order valence-electron chi connectivity index (χ3n) is 3.96. The number of aromatic nitrogens is 6. The first-order chi connectivity index (χ1) is 12.1. The summed E-state index contributed by atoms with van der Waals surface area (Å²) < 4.78 is 17.3. The van der Waals surface area contributed by atoms with Gasteiger partial charge in [0.25, 0.3) is 0 Å². The third kappa shape index (κ3) is 2.64. The molecule has 0 bridgehead atoms. The van der Waals surface area contributed by atoms with Crippen molar-refractivity contribution in [1.82, 2.24) is 29.9 Å². The molecule has 0 aliphatic rings. The number of anilines is 1. The normalized spacial score (nSPS) is 12.6. The molecular weight excluding hydrogens is 436 g/mol. The van der Waals surface area contributed by atoms with Crippen LogP contribution in [-0.2, 0) is 0 Å². The van der Waals surface area contributed by atoms with Crippen LogP contribution < -0.4 is 5.73 Å². The molecule has 126 valence electrons. The maximum atomic E-state index is 14.6. The standard InChI is InChI=1S/C16H13FIN7/c1-8-21-15(19)13-11(18)7-25(16(13)22-8)14(12-6-20-24-23-12)9-4-2-3-5-10(9)17/h2-7,14H,1H3,(H2,19,21,22)(H,20,23,24). The van der Waals surface area contributed by atoms with Crippen molar-refractivity contribution in [2.24, 2.45) is 0 Å². The summed E-state index contributed by atoms with van der Waals surface area (Å²) in [5.74, 6) is 0.623. The van der Waals surface area contributed by atoms with Gasteiger partial charge in [0.1, 0.15) is 34.8 Å². The summed E-state index contributed by atoms with van der Waals surface area (Å²) in [6.45, 7) is 1.77. The summed E-state index contributed by atoms with van der Waals surface area (Å²) in [6, 6.07) is 6.06. The lowest BCUT2D eigenvalue weighted by molar-refractivity contribution is 0.571. The SMILES string of the molecule is Cc1nc(N)c2c(I)cn(C(c3c[nH]nn3)c3ccccc3F)c2n1. The smallest absolute Gasteiger partial charge is 0.147 e. The van der Waals surface area contributed by atoms with E-state index in [1.54, 1.807) is 31.3 Å². The number of hydrogen-bond donors (Lipinski definition) is 2. The second-order valence-corrected chi connectivity index (χ2v) is 6.72. The average molecular weight is 449 g/mol. The minimum Gasteiger partial charge on any atom is -0.383 e. The quantitative estimate of drug-likeness (QED) is 0.469. The van der Waals surface area contributed by atoms with Crippen LogP contribution >= 0.6 is 22.6 Å². The van der Waals surface area contributed by atoms with Crippen molar-refractivity contribution in [1.29, 1.82) is 0 Å². The van der Waals surface area contributed by atoms with Gasteiger partial charge >= 0.3 is 0 Å². The second kappa shape index (κ2) is 6.06. The molecule has 3 aromatic heterocycles. The molecule has 4 aromatic rings. The molecule has 0 fully saturated rings. The van der Waals surface area contributed by atoms with E-state index >= 15 is 0 Å². The first-order valence-corrected chi connectivity index (χ1v) is 8.55. The van der Waals surface area contributed by atoms with Gasteiger partial charge in [-0.25, -0.2) is 14.4 Å². The van der Waals surface area contributed by atoms with Gasteiger partial charge in [-0.3, -0.25) is 5.10 Å². The zero-order valence-electron chi connectivity index (χ0n) is 13.1. The molecule has 3 N–H and O–H groups in total. The number of nitrogens with one attached hydrogen (secondary N) is 1. The predicted octanol–water partition coefficient (Wildman–Crippen LogP) is 2.82. The molecule has 4 rings (SSSR count). The minimum atomic E-state index is -0.528. The Balaban J connectivity index is 2.05. The van der Waals surface area contributed by atoms with Crippen LogP contribution in [0.1, 0.15) is 23.1 Å². The third-order valence-corrected chi connectivity index (χ3v) is 4.78. The van der Waals surface area contributed by atoms with Crippen molar-refractivity contribution >= 4 is 39.4 Å². The maximum Gasteiger partial charge on any atom is 0.147 e. The van der Waals surface area contributed by atoms with Crippen LogP contribution in [0.5, 0.6) is 0 Å². The summed E-state index contributed by atoms with van der Waals surface area (Å²) in [5.41, 5.74) is 7.76. The van der Waals surface area contributed by atoms with Gasteiger partial charge in [0.2, 0.25) is 0 Å². The van der Waals surface area contributed by atoms with E-state index in [0.29, 0.717) is 28.5 Å². The number of halogens is 2. The van der Waals surface area contributed by atoms with Crippen LogP contribution in [0.25, 0.3) is 11.0 Å². The van der Waals surface area contributed by atoms with Gasteiger partial charge < -0.3 is 10.3 Å². The van der Waals surface area contributed by atoms with Gasteiger partial charge in [0.15, 0.2) is 0 Å². The Morgan fingerprint density at radius 1 is 1.28 bits per heavy atom. The molecule has 0 aliphatic carbocycles. The highest BCUT2D eigenvalue weighted by Gasteiger charge is 2.26. The summed E-state index contributed by atoms with van der Waals surface area (Å²) in [5, 5.41) is 11.3. The summed E-state index contributed by atoms with van der Waals surface area (Å²) in [7, 11) is 0. The van der Waals surface area contributed by atoms with Gasteiger partial charge in [-0.05, 0) is 35.6 Å². The predicted molar refractivity (Wildman–Crippen MR) is 99.4 cm³/mol. The van der Waals surface area contributed by atoms with Gasteiger partial charge in [-0.2, -0.15) is 0 Å². The summed E-state index contributed by atoms with van der Waals surface area (Å²) in [4.78, 5) is 8.76. The van der Waals surface area contributed by atoms with Crippen molar-refractivity contribution in [3.63, 3.8) is 0 Å². The van der Waals surface area contributed by atoms with E-state index in [9.17, 15) is 4.39 Å². The number of hydrogen-bond acceptors (Lipinski definition) is 5. The Labute approximate surface area is 155 Å². The first-order valence-electron chi connectivity index (χ1n) is 7.47. The van der Waals surface area contributed by atoms with Crippen molar-refractivity contribution in [3.8, 4) is 0 Å². The van der Waals surface area contributed by atoms with E-state index in [-0.39, 0.29) is 5.82 Å². The van der Waals surface area contributed by atoms with Gasteiger partial charge in [0.05, 0.1) is 5.39 Å². The van der Waals surface area contributed by atoms with Crippen LogP contribution in [0.15, 0.2) is 36.7 Å². The molecule has 0 spiro atoms. The highest BCUT2D eigenvalue weighted by atomic mass is 127. The van der Waals surface area contributed by atoms with E-state index in [1.165, 1.54) is 6.07 Å². The van der Waals surface area contributed by atoms with E-state index in [0.717, 1.165) is 8.96 Å². The lowest BCUT2D eigenvalue weighted by Crippen LogP contribution is -2.14. The largest absolute Gasteiger partial charge is 0.383 e. The summed E-state index contributed by atoms with van der Waals surface area (Å²) >= 11 is 2.18. The Bertz CT molecular complexity index is 1060. The fourth-order valence-electron chi connectivity index (χ4n) is 2.93. The zero-order chi connectivity index (χ0) is 17.6. The van der Waals surface area contributed by atoms with Gasteiger partial charge in [-0.15, -0.1) is 5.10 Å². The first kappa shape index (κ1) is 15.9. The minimum absolute atomic E-state index is 0.328. The second-order valence-electron chi connectivity index (χ2n) is 5.56. The van der Waals surface area contributed by atoms with Crippen molar-refractivity contribution < 1.29 is 4.39 Å². The highest BCUT2D eigenvalue weighted by molar-refractivity contribution is 14.1. The van der Waals surface area contributed by atoms with E-state index in [1.807, 2.05) is 10.8 Å². The van der Waals surface area contributed by atoms with Crippen molar-refractivity contribution in [2.45, 2.75) is 13.0 Å². The molecule has 0 amide bonds. The van der Waals surface area contributed by atoms with E-state index in [2.05, 4.69) is 48.0 Å². The number of aryl methyl sites for hydroxylation is 1. The molecule has 1 aromatic carbocycles. The lowest BCUT2D eigenvalue weighted by atomic mass is 10.0.